The zero-order chi connectivity index (χ0) is 29.6. The van der Waals surface area contributed by atoms with Crippen LogP contribution in [0.4, 0.5) is 0 Å². The van der Waals surface area contributed by atoms with Crippen LogP contribution in [-0.4, -0.2) is 94.1 Å². The van der Waals surface area contributed by atoms with Crippen molar-refractivity contribution in [3.63, 3.8) is 0 Å². The molecule has 1 aromatic heterocycles. The standard InChI is InChI=1S/C33H36ClN3O6/c34-25-14-27-26(35-32(36-27)43-29-17-42-30-28(40)16-41-31(29)30)13-24(25)23-7-5-22(6-8-23)21-3-1-20(2-4-21)15-37-11-9-33(18-38,19-39)10-12-37/h1-8,13-14,28-31,38-40H,9-12,15-19H2,(H,35,36)/t28-,29-,30-,31-/m1/s1. The number of likely N-dealkylation sites (tertiary alicyclic amines) is 1. The maximum Gasteiger partial charge on any atom is 0.295 e. The van der Waals surface area contributed by atoms with E-state index in [1.807, 2.05) is 12.1 Å². The number of aliphatic hydroxyl groups excluding tert-OH is 3. The topological polar surface area (TPSA) is 120 Å². The fourth-order valence-corrected chi connectivity index (χ4v) is 6.70. The van der Waals surface area contributed by atoms with Crippen molar-refractivity contribution in [3.8, 4) is 28.3 Å². The lowest BCUT2D eigenvalue weighted by atomic mass is 9.80. The smallest absolute Gasteiger partial charge is 0.295 e. The van der Waals surface area contributed by atoms with Gasteiger partial charge in [-0.25, -0.2) is 0 Å². The lowest BCUT2D eigenvalue weighted by Gasteiger charge is -2.39. The number of nitrogens with zero attached hydrogens (tertiary/aromatic N) is 2. The van der Waals surface area contributed by atoms with Gasteiger partial charge in [-0.2, -0.15) is 4.98 Å². The largest absolute Gasteiger partial charge is 0.456 e. The molecule has 0 bridgehead atoms. The van der Waals surface area contributed by atoms with Crippen LogP contribution in [0.3, 0.4) is 0 Å². The summed E-state index contributed by atoms with van der Waals surface area (Å²) < 4.78 is 17.4. The maximum atomic E-state index is 9.98. The lowest BCUT2D eigenvalue weighted by molar-refractivity contribution is -0.00316. The van der Waals surface area contributed by atoms with Gasteiger partial charge < -0.3 is 34.5 Å². The van der Waals surface area contributed by atoms with Gasteiger partial charge >= 0.3 is 0 Å². The van der Waals surface area contributed by atoms with E-state index in [1.54, 1.807) is 0 Å². The van der Waals surface area contributed by atoms with Crippen molar-refractivity contribution in [2.75, 3.05) is 39.5 Å². The van der Waals surface area contributed by atoms with Gasteiger partial charge in [-0.15, -0.1) is 0 Å². The molecule has 3 fully saturated rings. The van der Waals surface area contributed by atoms with Gasteiger partial charge in [-0.05, 0) is 60.3 Å². The van der Waals surface area contributed by atoms with E-state index in [9.17, 15) is 15.3 Å². The molecule has 0 radical (unpaired) electrons. The monoisotopic (exact) mass is 605 g/mol. The second-order valence-corrected chi connectivity index (χ2v) is 12.5. The van der Waals surface area contributed by atoms with Crippen LogP contribution in [0.2, 0.25) is 5.02 Å². The van der Waals surface area contributed by atoms with Gasteiger partial charge in [0.05, 0.1) is 42.5 Å². The molecule has 10 heteroatoms. The molecule has 7 rings (SSSR count). The second-order valence-electron chi connectivity index (χ2n) is 12.1. The molecule has 0 aliphatic carbocycles. The number of hydrogen-bond acceptors (Lipinski definition) is 8. The highest BCUT2D eigenvalue weighted by Crippen LogP contribution is 2.35. The number of aliphatic hydroxyl groups is 3. The Balaban J connectivity index is 1.01. The van der Waals surface area contributed by atoms with E-state index in [4.69, 9.17) is 25.8 Å². The first-order chi connectivity index (χ1) is 20.9. The zero-order valence-electron chi connectivity index (χ0n) is 23.8. The van der Waals surface area contributed by atoms with E-state index >= 15 is 0 Å². The van der Waals surface area contributed by atoms with E-state index in [-0.39, 0.29) is 43.5 Å². The number of aromatic amines is 1. The van der Waals surface area contributed by atoms with E-state index in [0.717, 1.165) is 65.8 Å². The van der Waals surface area contributed by atoms with Gasteiger partial charge in [0.1, 0.15) is 18.3 Å². The summed E-state index contributed by atoms with van der Waals surface area (Å²) in [7, 11) is 0. The molecule has 4 heterocycles. The number of halogens is 1. The minimum atomic E-state index is -0.630. The van der Waals surface area contributed by atoms with Gasteiger partial charge in [0, 0.05) is 17.5 Å². The first kappa shape index (κ1) is 28.7. The molecule has 3 aliphatic rings. The Hall–Kier alpha value is -3.02. The van der Waals surface area contributed by atoms with Crippen LogP contribution >= 0.6 is 11.6 Å². The summed E-state index contributed by atoms with van der Waals surface area (Å²) in [4.78, 5) is 10.2. The highest BCUT2D eigenvalue weighted by molar-refractivity contribution is 6.34. The number of nitrogens with one attached hydrogen (secondary N) is 1. The van der Waals surface area contributed by atoms with Crippen LogP contribution < -0.4 is 4.74 Å². The summed E-state index contributed by atoms with van der Waals surface area (Å²) in [6, 6.07) is 21.2. The molecular formula is C33H36ClN3O6. The van der Waals surface area contributed by atoms with E-state index in [0.29, 0.717) is 17.6 Å². The maximum absolute atomic E-state index is 9.98. The number of imidazole rings is 1. The van der Waals surface area contributed by atoms with Gasteiger partial charge in [-0.1, -0.05) is 60.1 Å². The summed E-state index contributed by atoms with van der Waals surface area (Å²) in [6.07, 6.45) is -0.0218. The van der Waals surface area contributed by atoms with Crippen molar-refractivity contribution >= 4 is 22.6 Å². The fourth-order valence-electron chi connectivity index (χ4n) is 6.43. The predicted molar refractivity (Wildman–Crippen MR) is 163 cm³/mol. The van der Waals surface area contributed by atoms with Crippen LogP contribution in [0.5, 0.6) is 6.01 Å². The third-order valence-corrected chi connectivity index (χ3v) is 9.58. The minimum Gasteiger partial charge on any atom is -0.456 e. The summed E-state index contributed by atoms with van der Waals surface area (Å²) >= 11 is 6.71. The summed E-state index contributed by atoms with van der Waals surface area (Å²) in [5, 5.41) is 29.9. The SMILES string of the molecule is OCC1(CO)CCN(Cc2ccc(-c3ccc(-c4cc5nc(O[C@@H]6CO[C@H]7[C@@H]6OC[C@H]7O)[nH]c5cc4Cl)cc3)cc2)CC1. The number of benzene rings is 3. The van der Waals surface area contributed by atoms with Crippen LogP contribution in [0.1, 0.15) is 18.4 Å². The second kappa shape index (κ2) is 11.8. The lowest BCUT2D eigenvalue weighted by Crippen LogP contribution is -2.43. The average molecular weight is 606 g/mol. The first-order valence-corrected chi connectivity index (χ1v) is 15.2. The Morgan fingerprint density at radius 3 is 2.26 bits per heavy atom. The van der Waals surface area contributed by atoms with Crippen molar-refractivity contribution in [1.82, 2.24) is 14.9 Å². The third-order valence-electron chi connectivity index (χ3n) is 9.27. The molecule has 4 aromatic rings. The molecule has 9 nitrogen and oxygen atoms in total. The van der Waals surface area contributed by atoms with E-state index in [1.165, 1.54) is 5.56 Å². The molecule has 0 amide bonds. The Labute approximate surface area is 255 Å². The molecule has 0 spiro atoms. The van der Waals surface area contributed by atoms with Crippen molar-refractivity contribution in [3.05, 3.63) is 71.2 Å². The fraction of sp³-hybridized carbons (Fsp3) is 0.424. The van der Waals surface area contributed by atoms with Gasteiger partial charge in [0.25, 0.3) is 6.01 Å². The quantitative estimate of drug-likeness (QED) is 0.238. The van der Waals surface area contributed by atoms with E-state index in [2.05, 4.69) is 63.4 Å². The molecule has 3 aliphatic heterocycles. The van der Waals surface area contributed by atoms with E-state index < -0.39 is 6.10 Å². The Bertz CT molecular complexity index is 1560. The number of ether oxygens (including phenoxy) is 3. The number of hydrogen-bond donors (Lipinski definition) is 4. The number of H-pyrrole nitrogens is 1. The first-order valence-electron chi connectivity index (χ1n) is 14.8. The van der Waals surface area contributed by atoms with Crippen LogP contribution in [0.15, 0.2) is 60.7 Å². The Kier molecular flexibility index (Phi) is 7.90. The third kappa shape index (κ3) is 5.67. The van der Waals surface area contributed by atoms with Crippen molar-refractivity contribution in [2.45, 2.75) is 43.8 Å². The molecule has 0 unspecified atom stereocenters. The Morgan fingerprint density at radius 1 is 0.907 bits per heavy atom. The molecule has 3 saturated heterocycles. The van der Waals surface area contributed by atoms with Crippen LogP contribution in [0.25, 0.3) is 33.3 Å². The number of piperidine rings is 1. The number of fused-ring (bicyclic) bond motifs is 2. The van der Waals surface area contributed by atoms with Gasteiger partial charge in [-0.3, -0.25) is 4.90 Å². The number of rotatable bonds is 8. The molecule has 4 N–H and O–H groups in total. The van der Waals surface area contributed by atoms with Crippen molar-refractivity contribution in [1.29, 1.82) is 0 Å². The molecule has 43 heavy (non-hydrogen) atoms. The molecule has 0 saturated carbocycles. The van der Waals surface area contributed by atoms with Crippen LogP contribution in [0, 0.1) is 5.41 Å². The molecule has 226 valence electrons. The normalized spacial score (nSPS) is 25.3. The highest BCUT2D eigenvalue weighted by atomic mass is 35.5. The predicted octanol–water partition coefficient (Wildman–Crippen LogP) is 4.02. The summed E-state index contributed by atoms with van der Waals surface area (Å²) in [5.41, 5.74) is 6.56. The van der Waals surface area contributed by atoms with Gasteiger partial charge in [0.2, 0.25) is 0 Å². The Morgan fingerprint density at radius 2 is 1.56 bits per heavy atom. The molecule has 3 aromatic carbocycles. The molecule has 4 atom stereocenters. The summed E-state index contributed by atoms with van der Waals surface area (Å²) in [6.45, 7) is 3.29. The zero-order valence-corrected chi connectivity index (χ0v) is 24.5. The highest BCUT2D eigenvalue weighted by Gasteiger charge is 2.48. The number of aromatic nitrogens is 2. The molecular weight excluding hydrogens is 570 g/mol. The average Bonchev–Trinajstić information content (AvgIpc) is 3.74. The van der Waals surface area contributed by atoms with Crippen LogP contribution in [-0.2, 0) is 16.0 Å². The summed E-state index contributed by atoms with van der Waals surface area (Å²) in [5.74, 6) is 0. The van der Waals surface area contributed by atoms with Crippen molar-refractivity contribution in [2.24, 2.45) is 5.41 Å². The minimum absolute atomic E-state index is 0.0466. The van der Waals surface area contributed by atoms with Crippen molar-refractivity contribution < 1.29 is 29.5 Å². The van der Waals surface area contributed by atoms with Gasteiger partial charge in [0.15, 0.2) is 6.10 Å².